The average Bonchev–Trinajstić information content (AvgIpc) is 3.42. The third-order valence-electron chi connectivity index (χ3n) is 6.93. The van der Waals surface area contributed by atoms with Crippen LogP contribution >= 0.6 is 0 Å². The summed E-state index contributed by atoms with van der Waals surface area (Å²) in [6.07, 6.45) is 2.99. The lowest BCUT2D eigenvalue weighted by Crippen LogP contribution is -2.33. The molecule has 2 aromatic carbocycles. The number of ether oxygens (including phenoxy) is 1. The van der Waals surface area contributed by atoms with Gasteiger partial charge in [-0.2, -0.15) is 0 Å². The summed E-state index contributed by atoms with van der Waals surface area (Å²) >= 11 is 0. The lowest BCUT2D eigenvalue weighted by molar-refractivity contribution is -0.123. The van der Waals surface area contributed by atoms with Gasteiger partial charge in [-0.1, -0.05) is 47.5 Å². The number of amides is 2. The number of ketones is 1. The number of carbonyl (C=O) groups is 4. The van der Waals surface area contributed by atoms with Crippen LogP contribution < -0.4 is 4.90 Å². The summed E-state index contributed by atoms with van der Waals surface area (Å²) in [5.74, 6) is -1.73. The van der Waals surface area contributed by atoms with Gasteiger partial charge >= 0.3 is 5.97 Å². The molecule has 6 heteroatoms. The van der Waals surface area contributed by atoms with Gasteiger partial charge in [-0.3, -0.25) is 14.4 Å². The van der Waals surface area contributed by atoms with Crippen molar-refractivity contribution < 1.29 is 23.9 Å². The Bertz CT molecular complexity index is 1180. The molecule has 0 radical (unpaired) electrons. The number of benzene rings is 2. The van der Waals surface area contributed by atoms with Gasteiger partial charge < -0.3 is 4.74 Å². The predicted molar refractivity (Wildman–Crippen MR) is 117 cm³/mol. The van der Waals surface area contributed by atoms with Crippen LogP contribution in [0.25, 0.3) is 0 Å². The maximum atomic E-state index is 13.1. The van der Waals surface area contributed by atoms with E-state index in [2.05, 4.69) is 6.08 Å². The van der Waals surface area contributed by atoms with Crippen LogP contribution in [0.3, 0.4) is 0 Å². The summed E-state index contributed by atoms with van der Waals surface area (Å²) in [7, 11) is 0. The van der Waals surface area contributed by atoms with Gasteiger partial charge in [0.15, 0.2) is 12.4 Å². The second kappa shape index (κ2) is 7.55. The highest BCUT2D eigenvalue weighted by Crippen LogP contribution is 2.55. The van der Waals surface area contributed by atoms with E-state index in [9.17, 15) is 19.2 Å². The largest absolute Gasteiger partial charge is 0.454 e. The van der Waals surface area contributed by atoms with Crippen LogP contribution in [0.15, 0.2) is 60.2 Å². The molecule has 3 aliphatic rings. The van der Waals surface area contributed by atoms with Crippen molar-refractivity contribution in [1.82, 2.24) is 0 Å². The van der Waals surface area contributed by atoms with Crippen LogP contribution in [-0.4, -0.2) is 30.2 Å². The molecular weight excluding hydrogens is 406 g/mol. The highest BCUT2D eigenvalue weighted by Gasteiger charge is 2.60. The normalized spacial score (nSPS) is 25.7. The fourth-order valence-electron chi connectivity index (χ4n) is 5.34. The minimum atomic E-state index is -0.677. The topological polar surface area (TPSA) is 80.8 Å². The number of imide groups is 1. The van der Waals surface area contributed by atoms with Crippen LogP contribution in [0.5, 0.6) is 0 Å². The number of nitrogens with zero attached hydrogens (tertiary/aromatic N) is 1. The van der Waals surface area contributed by atoms with E-state index in [1.807, 2.05) is 26.0 Å². The molecule has 0 unspecified atom stereocenters. The molecule has 2 amide bonds. The quantitative estimate of drug-likeness (QED) is 0.313. The summed E-state index contributed by atoms with van der Waals surface area (Å²) in [6.45, 7) is 3.56. The Kier molecular flexibility index (Phi) is 4.81. The molecular formula is C26H23NO5. The fourth-order valence-corrected chi connectivity index (χ4v) is 5.34. The zero-order valence-corrected chi connectivity index (χ0v) is 17.9. The Balaban J connectivity index is 1.30. The number of aryl methyl sites for hydroxylation is 1. The molecule has 1 saturated carbocycles. The van der Waals surface area contributed by atoms with E-state index in [1.165, 1.54) is 16.5 Å². The van der Waals surface area contributed by atoms with Crippen molar-refractivity contribution in [3.63, 3.8) is 0 Å². The summed E-state index contributed by atoms with van der Waals surface area (Å²) in [6, 6.07) is 13.3. The number of esters is 1. The minimum absolute atomic E-state index is 0.118. The second-order valence-electron chi connectivity index (χ2n) is 8.90. The van der Waals surface area contributed by atoms with E-state index >= 15 is 0 Å². The van der Waals surface area contributed by atoms with Gasteiger partial charge in [0, 0.05) is 5.56 Å². The number of carbonyl (C=O) groups excluding carboxylic acids is 4. The molecule has 32 heavy (non-hydrogen) atoms. The maximum Gasteiger partial charge on any atom is 0.338 e. The summed E-state index contributed by atoms with van der Waals surface area (Å²) < 4.78 is 5.19. The van der Waals surface area contributed by atoms with Crippen LogP contribution in [0.4, 0.5) is 5.69 Å². The minimum Gasteiger partial charge on any atom is -0.454 e. The average molecular weight is 429 g/mol. The number of allylic oxidation sites excluding steroid dienone is 2. The molecule has 4 atom stereocenters. The van der Waals surface area contributed by atoms with E-state index in [1.54, 1.807) is 30.3 Å². The van der Waals surface area contributed by atoms with E-state index in [-0.39, 0.29) is 53.4 Å². The monoisotopic (exact) mass is 429 g/mol. The van der Waals surface area contributed by atoms with Gasteiger partial charge in [-0.15, -0.1) is 0 Å². The first kappa shape index (κ1) is 20.4. The Labute approximate surface area is 185 Å². The summed E-state index contributed by atoms with van der Waals surface area (Å²) in [5, 5.41) is 0. The van der Waals surface area contributed by atoms with Crippen molar-refractivity contribution >= 4 is 29.3 Å². The van der Waals surface area contributed by atoms with Gasteiger partial charge in [0.25, 0.3) is 0 Å². The van der Waals surface area contributed by atoms with Gasteiger partial charge in [0.1, 0.15) is 0 Å². The number of anilines is 1. The molecule has 1 saturated heterocycles. The van der Waals surface area contributed by atoms with Gasteiger partial charge in [-0.25, -0.2) is 9.69 Å². The van der Waals surface area contributed by atoms with E-state index in [0.717, 1.165) is 12.0 Å². The van der Waals surface area contributed by atoms with E-state index in [4.69, 9.17) is 4.74 Å². The summed E-state index contributed by atoms with van der Waals surface area (Å²) in [5.41, 5.74) is 3.25. The van der Waals surface area contributed by atoms with Crippen LogP contribution in [-0.2, 0) is 14.3 Å². The fraction of sp³-hybridized carbons (Fsp3) is 0.308. The molecule has 6 nitrogen and oxygen atoms in total. The first-order chi connectivity index (χ1) is 15.3. The van der Waals surface area contributed by atoms with Gasteiger partial charge in [-0.05, 0) is 50.3 Å². The summed E-state index contributed by atoms with van der Waals surface area (Å²) in [4.78, 5) is 52.3. The van der Waals surface area contributed by atoms with Crippen molar-refractivity contribution in [2.75, 3.05) is 11.5 Å². The lowest BCUT2D eigenvalue weighted by Gasteiger charge is -2.19. The smallest absolute Gasteiger partial charge is 0.338 e. The first-order valence-electron chi connectivity index (χ1n) is 10.8. The van der Waals surface area contributed by atoms with Crippen molar-refractivity contribution in [2.45, 2.75) is 20.3 Å². The molecule has 0 aromatic heterocycles. The highest BCUT2D eigenvalue weighted by atomic mass is 16.5. The molecule has 2 aromatic rings. The number of hydrogen-bond acceptors (Lipinski definition) is 5. The SMILES string of the molecule is CC1=C[C@H]2C[C@H]1[C@H]1C(=O)N(c3cccc(C(=O)OCC(=O)c4ccc(C)cc4)c3)C(=O)[C@@H]12. The predicted octanol–water partition coefficient (Wildman–Crippen LogP) is 3.74. The van der Waals surface area contributed by atoms with Gasteiger partial charge in [0.2, 0.25) is 11.8 Å². The zero-order chi connectivity index (χ0) is 22.6. The van der Waals surface area contributed by atoms with Crippen LogP contribution in [0.1, 0.15) is 39.6 Å². The molecule has 162 valence electrons. The Hall–Kier alpha value is -3.54. The molecule has 2 aliphatic carbocycles. The molecule has 2 bridgehead atoms. The first-order valence-corrected chi connectivity index (χ1v) is 10.8. The second-order valence-corrected chi connectivity index (χ2v) is 8.90. The standard InChI is InChI=1S/C26H23NO5/c1-14-6-8-16(9-7-14)21(28)13-32-26(31)17-4-3-5-19(11-17)27-24(29)22-18-10-15(2)20(12-18)23(22)25(27)30/h3-11,18,20,22-23H,12-13H2,1-2H3/t18-,20+,22+,23+/m0/s1. The van der Waals surface area contributed by atoms with E-state index < -0.39 is 5.97 Å². The van der Waals surface area contributed by atoms with Crippen molar-refractivity contribution in [2.24, 2.45) is 23.7 Å². The third-order valence-corrected chi connectivity index (χ3v) is 6.93. The highest BCUT2D eigenvalue weighted by molar-refractivity contribution is 6.23. The number of fused-ring (bicyclic) bond motifs is 5. The van der Waals surface area contributed by atoms with Crippen LogP contribution in [0.2, 0.25) is 0 Å². The number of rotatable bonds is 5. The maximum absolute atomic E-state index is 13.1. The molecule has 1 aliphatic heterocycles. The Morgan fingerprint density at radius 3 is 2.44 bits per heavy atom. The zero-order valence-electron chi connectivity index (χ0n) is 17.9. The molecule has 2 fully saturated rings. The third kappa shape index (κ3) is 3.18. The Morgan fingerprint density at radius 2 is 1.69 bits per heavy atom. The number of hydrogen-bond donors (Lipinski definition) is 0. The molecule has 1 heterocycles. The molecule has 0 spiro atoms. The van der Waals surface area contributed by atoms with Gasteiger partial charge in [0.05, 0.1) is 23.1 Å². The Morgan fingerprint density at radius 1 is 0.969 bits per heavy atom. The van der Waals surface area contributed by atoms with Crippen molar-refractivity contribution in [1.29, 1.82) is 0 Å². The molecule has 5 rings (SSSR count). The lowest BCUT2D eigenvalue weighted by atomic mass is 9.82. The van der Waals surface area contributed by atoms with Crippen molar-refractivity contribution in [3.8, 4) is 0 Å². The number of Topliss-reactive ketones (excluding diaryl/α,β-unsaturated/α-hetero) is 1. The van der Waals surface area contributed by atoms with Crippen LogP contribution in [0, 0.1) is 30.6 Å². The van der Waals surface area contributed by atoms with E-state index in [0.29, 0.717) is 11.3 Å². The molecule has 0 N–H and O–H groups in total. The van der Waals surface area contributed by atoms with Crippen molar-refractivity contribution in [3.05, 3.63) is 76.9 Å².